The zero-order chi connectivity index (χ0) is 19.6. The van der Waals surface area contributed by atoms with Crippen LogP contribution in [0.4, 0.5) is 0 Å². The van der Waals surface area contributed by atoms with Crippen LogP contribution in [0.15, 0.2) is 41.5 Å². The molecule has 4 rings (SSSR count). The number of ketones is 1. The Hall–Kier alpha value is -2.40. The van der Waals surface area contributed by atoms with E-state index in [1.54, 1.807) is 19.9 Å². The highest BCUT2D eigenvalue weighted by atomic mass is 16.6. The number of carbonyl (C=O) groups is 2. The smallest absolute Gasteiger partial charge is 0.270 e. The van der Waals surface area contributed by atoms with Gasteiger partial charge in [-0.1, -0.05) is 52.0 Å². The maximum absolute atomic E-state index is 13.5. The fourth-order valence-electron chi connectivity index (χ4n) is 4.19. The van der Waals surface area contributed by atoms with Crippen LogP contribution in [0.2, 0.25) is 0 Å². The number of aliphatic hydroxyl groups is 1. The summed E-state index contributed by atoms with van der Waals surface area (Å²) in [6, 6.07) is 5.60. The molecule has 2 atom stereocenters. The lowest BCUT2D eigenvalue weighted by atomic mass is 9.82. The summed E-state index contributed by atoms with van der Waals surface area (Å²) < 4.78 is 6.04. The van der Waals surface area contributed by atoms with Crippen molar-refractivity contribution in [2.45, 2.75) is 57.8 Å². The van der Waals surface area contributed by atoms with Crippen molar-refractivity contribution in [3.05, 3.63) is 52.6 Å². The van der Waals surface area contributed by atoms with Crippen molar-refractivity contribution in [3.63, 3.8) is 0 Å². The van der Waals surface area contributed by atoms with E-state index in [0.29, 0.717) is 22.5 Å². The van der Waals surface area contributed by atoms with Gasteiger partial charge in [0.1, 0.15) is 5.75 Å². The van der Waals surface area contributed by atoms with Gasteiger partial charge in [-0.2, -0.15) is 0 Å². The summed E-state index contributed by atoms with van der Waals surface area (Å²) in [5, 5.41) is 14.5. The molecular formula is C22H25NO4. The monoisotopic (exact) mass is 367 g/mol. The fourth-order valence-corrected chi connectivity index (χ4v) is 4.19. The maximum atomic E-state index is 13.5. The van der Waals surface area contributed by atoms with Crippen LogP contribution in [0.5, 0.6) is 5.75 Å². The molecule has 1 saturated carbocycles. The first-order valence-corrected chi connectivity index (χ1v) is 9.56. The molecule has 0 saturated heterocycles. The lowest BCUT2D eigenvalue weighted by Crippen LogP contribution is -2.62. The summed E-state index contributed by atoms with van der Waals surface area (Å²) in [6.07, 6.45) is 5.14. The minimum absolute atomic E-state index is 0.273. The molecule has 0 bridgehead atoms. The second kappa shape index (κ2) is 5.80. The third-order valence-electron chi connectivity index (χ3n) is 5.78. The molecule has 2 unspecified atom stereocenters. The number of Topliss-reactive ketones (excluding diaryl/α,β-unsaturated/α-hetero) is 1. The van der Waals surface area contributed by atoms with Crippen molar-refractivity contribution in [1.82, 2.24) is 5.32 Å². The summed E-state index contributed by atoms with van der Waals surface area (Å²) in [5.41, 5.74) is 0.839. The predicted molar refractivity (Wildman–Crippen MR) is 101 cm³/mol. The van der Waals surface area contributed by atoms with Crippen LogP contribution in [0, 0.1) is 5.92 Å². The molecule has 1 aromatic rings. The van der Waals surface area contributed by atoms with Gasteiger partial charge in [-0.25, -0.2) is 0 Å². The van der Waals surface area contributed by atoms with E-state index in [4.69, 9.17) is 4.74 Å². The number of hydrogen-bond donors (Lipinski definition) is 2. The molecule has 1 fully saturated rings. The Morgan fingerprint density at radius 3 is 2.56 bits per heavy atom. The van der Waals surface area contributed by atoms with Gasteiger partial charge in [-0.3, -0.25) is 9.59 Å². The molecule has 0 spiro atoms. The third kappa shape index (κ3) is 2.21. The van der Waals surface area contributed by atoms with Crippen LogP contribution in [0.1, 0.15) is 57.6 Å². The first-order valence-electron chi connectivity index (χ1n) is 9.56. The van der Waals surface area contributed by atoms with E-state index in [9.17, 15) is 14.7 Å². The highest BCUT2D eigenvalue weighted by molar-refractivity contribution is 6.15. The minimum Gasteiger partial charge on any atom is -0.454 e. The van der Waals surface area contributed by atoms with Crippen molar-refractivity contribution in [2.24, 2.45) is 5.92 Å². The van der Waals surface area contributed by atoms with E-state index in [2.05, 4.69) is 19.2 Å². The standard InChI is InChI=1S/C22H25NO4/c1-12(2)14-9-10-17-18(11-14)27-22(26)16-8-6-5-7-15(16)19(24)21(17,22)23-20(25)13(3)4/h7-13,26H,5-6H2,1-4H3,(H,23,25). The second-order valence-electron chi connectivity index (χ2n) is 8.19. The first-order chi connectivity index (χ1) is 12.7. The molecule has 0 aromatic heterocycles. The lowest BCUT2D eigenvalue weighted by molar-refractivity contribution is -0.161. The molecule has 2 N–H and O–H groups in total. The molecule has 3 aliphatic rings. The number of amides is 1. The number of fused-ring (bicyclic) bond motifs is 5. The van der Waals surface area contributed by atoms with E-state index < -0.39 is 11.3 Å². The molecule has 5 nitrogen and oxygen atoms in total. The van der Waals surface area contributed by atoms with Crippen molar-refractivity contribution in [1.29, 1.82) is 0 Å². The summed E-state index contributed by atoms with van der Waals surface area (Å²) in [7, 11) is 0. The molecule has 1 aromatic carbocycles. The molecule has 1 amide bonds. The van der Waals surface area contributed by atoms with E-state index in [1.165, 1.54) is 0 Å². The van der Waals surface area contributed by atoms with Gasteiger partial charge in [0.2, 0.25) is 11.4 Å². The van der Waals surface area contributed by atoms with E-state index in [-0.39, 0.29) is 23.5 Å². The Bertz CT molecular complexity index is 911. The van der Waals surface area contributed by atoms with Crippen LogP contribution in [0.25, 0.3) is 0 Å². The van der Waals surface area contributed by atoms with Crippen LogP contribution >= 0.6 is 0 Å². The zero-order valence-electron chi connectivity index (χ0n) is 16.1. The largest absolute Gasteiger partial charge is 0.454 e. The predicted octanol–water partition coefficient (Wildman–Crippen LogP) is 3.09. The molecule has 142 valence electrons. The molecule has 1 aliphatic heterocycles. The number of hydrogen-bond acceptors (Lipinski definition) is 4. The summed E-state index contributed by atoms with van der Waals surface area (Å²) in [4.78, 5) is 26.2. The Balaban J connectivity index is 1.96. The lowest BCUT2D eigenvalue weighted by Gasteiger charge is -2.34. The quantitative estimate of drug-likeness (QED) is 0.861. The number of rotatable bonds is 3. The molecule has 2 aliphatic carbocycles. The number of allylic oxidation sites excluding steroid dienone is 2. The molecule has 27 heavy (non-hydrogen) atoms. The summed E-state index contributed by atoms with van der Waals surface area (Å²) in [6.45, 7) is 7.65. The molecule has 0 radical (unpaired) electrons. The zero-order valence-corrected chi connectivity index (χ0v) is 16.1. The van der Waals surface area contributed by atoms with Crippen molar-refractivity contribution < 1.29 is 19.4 Å². The highest BCUT2D eigenvalue weighted by Crippen LogP contribution is 2.58. The summed E-state index contributed by atoms with van der Waals surface area (Å²) >= 11 is 0. The minimum atomic E-state index is -1.92. The normalized spacial score (nSPS) is 28.3. The van der Waals surface area contributed by atoms with E-state index in [1.807, 2.05) is 24.3 Å². The van der Waals surface area contributed by atoms with Gasteiger partial charge >= 0.3 is 0 Å². The SMILES string of the molecule is CC(C)C(=O)NC12C(=O)C3=CCCC=C3C1(O)Oc1cc(C(C)C)ccc12. The number of nitrogens with one attached hydrogen (secondary N) is 1. The van der Waals surface area contributed by atoms with Crippen molar-refractivity contribution >= 4 is 11.7 Å². The van der Waals surface area contributed by atoms with Crippen LogP contribution in [0.3, 0.4) is 0 Å². The van der Waals surface area contributed by atoms with Gasteiger partial charge in [0.15, 0.2) is 5.78 Å². The van der Waals surface area contributed by atoms with Crippen molar-refractivity contribution in [3.8, 4) is 5.75 Å². The van der Waals surface area contributed by atoms with Gasteiger partial charge in [0, 0.05) is 22.6 Å². The fraction of sp³-hybridized carbons (Fsp3) is 0.455. The number of ether oxygens (including phenoxy) is 1. The summed E-state index contributed by atoms with van der Waals surface area (Å²) in [5.74, 6) is -2.13. The van der Waals surface area contributed by atoms with Gasteiger partial charge in [-0.05, 0) is 30.4 Å². The topological polar surface area (TPSA) is 75.6 Å². The van der Waals surface area contributed by atoms with Crippen LogP contribution < -0.4 is 10.1 Å². The Morgan fingerprint density at radius 1 is 1.19 bits per heavy atom. The average Bonchev–Trinajstić information content (AvgIpc) is 2.99. The number of benzene rings is 1. The van der Waals surface area contributed by atoms with Gasteiger partial charge in [-0.15, -0.1) is 0 Å². The van der Waals surface area contributed by atoms with E-state index >= 15 is 0 Å². The van der Waals surface area contributed by atoms with Crippen LogP contribution in [-0.4, -0.2) is 22.6 Å². The Labute approximate surface area is 159 Å². The molecule has 5 heteroatoms. The first kappa shape index (κ1) is 18.0. The maximum Gasteiger partial charge on any atom is 0.270 e. The average molecular weight is 367 g/mol. The molecular weight excluding hydrogens is 342 g/mol. The molecule has 1 heterocycles. The van der Waals surface area contributed by atoms with Crippen LogP contribution in [-0.2, 0) is 15.1 Å². The van der Waals surface area contributed by atoms with Gasteiger partial charge in [0.05, 0.1) is 0 Å². The third-order valence-corrected chi connectivity index (χ3v) is 5.78. The highest BCUT2D eigenvalue weighted by Gasteiger charge is 2.73. The number of carbonyl (C=O) groups excluding carboxylic acids is 2. The Kier molecular flexibility index (Phi) is 3.86. The Morgan fingerprint density at radius 2 is 1.89 bits per heavy atom. The van der Waals surface area contributed by atoms with Gasteiger partial charge in [0.25, 0.3) is 5.79 Å². The van der Waals surface area contributed by atoms with Crippen molar-refractivity contribution in [2.75, 3.05) is 0 Å². The van der Waals surface area contributed by atoms with E-state index in [0.717, 1.165) is 18.4 Å². The second-order valence-corrected chi connectivity index (χ2v) is 8.19. The van der Waals surface area contributed by atoms with Gasteiger partial charge < -0.3 is 15.2 Å².